The Labute approximate surface area is 163 Å². The molecule has 0 heterocycles. The van der Waals surface area contributed by atoms with Gasteiger partial charge in [-0.25, -0.2) is 17.9 Å². The highest BCUT2D eigenvalue weighted by Crippen LogP contribution is 2.27. The summed E-state index contributed by atoms with van der Waals surface area (Å²) in [6, 6.07) is 9.38. The minimum Gasteiger partial charge on any atom is -0.493 e. The summed E-state index contributed by atoms with van der Waals surface area (Å²) in [7, 11) is 1.92. The van der Waals surface area contributed by atoms with E-state index in [1.54, 1.807) is 14.1 Å². The van der Waals surface area contributed by atoms with Crippen molar-refractivity contribution >= 4 is 27.6 Å². The summed E-state index contributed by atoms with van der Waals surface area (Å²) in [5, 5.41) is 2.59. The van der Waals surface area contributed by atoms with Gasteiger partial charge in [0.15, 0.2) is 11.5 Å². The third-order valence-corrected chi connectivity index (χ3v) is 5.04. The Morgan fingerprint density at radius 2 is 1.54 bits per heavy atom. The van der Waals surface area contributed by atoms with Gasteiger partial charge in [-0.2, -0.15) is 0 Å². The largest absolute Gasteiger partial charge is 0.493 e. The fourth-order valence-electron chi connectivity index (χ4n) is 2.17. The van der Waals surface area contributed by atoms with Crippen LogP contribution in [0.1, 0.15) is 10.4 Å². The van der Waals surface area contributed by atoms with Crippen molar-refractivity contribution in [1.82, 2.24) is 9.62 Å². The van der Waals surface area contributed by atoms with Gasteiger partial charge in [0.1, 0.15) is 0 Å². The molecule has 0 saturated carbocycles. The van der Waals surface area contributed by atoms with Gasteiger partial charge in [0, 0.05) is 25.3 Å². The van der Waals surface area contributed by atoms with E-state index >= 15 is 0 Å². The summed E-state index contributed by atoms with van der Waals surface area (Å²) in [6.45, 7) is 0. The van der Waals surface area contributed by atoms with Crippen LogP contribution >= 0.6 is 0 Å². The number of rotatable bonds is 6. The number of urea groups is 1. The predicted molar refractivity (Wildman–Crippen MR) is 103 cm³/mol. The van der Waals surface area contributed by atoms with E-state index in [0.717, 1.165) is 0 Å². The van der Waals surface area contributed by atoms with E-state index in [1.165, 1.54) is 61.6 Å². The molecule has 2 aromatic carbocycles. The zero-order valence-electron chi connectivity index (χ0n) is 15.8. The molecule has 0 aliphatic heterocycles. The van der Waals surface area contributed by atoms with Gasteiger partial charge in [0.25, 0.3) is 15.9 Å². The number of hydrogen-bond donors (Lipinski definition) is 2. The molecule has 0 bridgehead atoms. The van der Waals surface area contributed by atoms with Gasteiger partial charge >= 0.3 is 6.03 Å². The number of nitrogens with zero attached hydrogens (tertiary/aromatic N) is 1. The number of carbonyl (C=O) groups is 2. The Hall–Kier alpha value is -3.27. The fourth-order valence-corrected chi connectivity index (χ4v) is 3.14. The molecule has 9 nitrogen and oxygen atoms in total. The molecule has 2 N–H and O–H groups in total. The predicted octanol–water partition coefficient (Wildman–Crippen LogP) is 1.92. The molecular weight excluding hydrogens is 386 g/mol. The maximum atomic E-state index is 12.5. The lowest BCUT2D eigenvalue weighted by molar-refractivity contribution is 0.0981. The zero-order valence-corrected chi connectivity index (χ0v) is 16.7. The molecule has 3 amide bonds. The summed E-state index contributed by atoms with van der Waals surface area (Å²) in [6.07, 6.45) is 0. The van der Waals surface area contributed by atoms with E-state index in [2.05, 4.69) is 5.32 Å². The normalized spacial score (nSPS) is 10.7. The van der Waals surface area contributed by atoms with Gasteiger partial charge in [-0.1, -0.05) is 0 Å². The average Bonchev–Trinajstić information content (AvgIpc) is 2.67. The maximum Gasteiger partial charge on any atom is 0.321 e. The molecule has 150 valence electrons. The molecule has 2 rings (SSSR count). The first-order valence-corrected chi connectivity index (χ1v) is 9.54. The molecule has 0 aliphatic rings. The zero-order chi connectivity index (χ0) is 20.9. The van der Waals surface area contributed by atoms with E-state index in [0.29, 0.717) is 17.2 Å². The highest BCUT2D eigenvalue weighted by molar-refractivity contribution is 7.90. The van der Waals surface area contributed by atoms with Crippen LogP contribution in [-0.2, 0) is 10.0 Å². The molecule has 10 heteroatoms. The highest BCUT2D eigenvalue weighted by Gasteiger charge is 2.20. The lowest BCUT2D eigenvalue weighted by Crippen LogP contribution is -2.30. The Kier molecular flexibility index (Phi) is 6.47. The van der Waals surface area contributed by atoms with Crippen LogP contribution in [0.3, 0.4) is 0 Å². The van der Waals surface area contributed by atoms with Crippen LogP contribution in [0, 0.1) is 0 Å². The molecular formula is C18H21N3O6S. The van der Waals surface area contributed by atoms with Crippen molar-refractivity contribution in [3.8, 4) is 11.5 Å². The Morgan fingerprint density at radius 1 is 0.929 bits per heavy atom. The number of methoxy groups -OCH3 is 2. The first-order chi connectivity index (χ1) is 13.2. The number of anilines is 1. The average molecular weight is 407 g/mol. The van der Waals surface area contributed by atoms with Crippen molar-refractivity contribution in [2.75, 3.05) is 33.6 Å². The van der Waals surface area contributed by atoms with Gasteiger partial charge in [-0.15, -0.1) is 0 Å². The molecule has 0 aliphatic carbocycles. The van der Waals surface area contributed by atoms with E-state index in [-0.39, 0.29) is 16.5 Å². The third-order valence-electron chi connectivity index (χ3n) is 3.69. The van der Waals surface area contributed by atoms with E-state index in [4.69, 9.17) is 9.47 Å². The number of carbonyl (C=O) groups excluding carboxylic acids is 2. The summed E-state index contributed by atoms with van der Waals surface area (Å²) in [4.78, 5) is 25.2. The van der Waals surface area contributed by atoms with E-state index in [9.17, 15) is 18.0 Å². The maximum absolute atomic E-state index is 12.5. The van der Waals surface area contributed by atoms with Crippen LogP contribution in [0.5, 0.6) is 11.5 Å². The SMILES string of the molecule is COc1ccc(C(=O)NS(=O)(=O)c2ccc(NC(=O)N(C)C)cc2)cc1OC. The molecule has 28 heavy (non-hydrogen) atoms. The third kappa shape index (κ3) is 4.92. The van der Waals surface area contributed by atoms with Gasteiger partial charge in [-0.3, -0.25) is 4.79 Å². The minimum absolute atomic E-state index is 0.0936. The van der Waals surface area contributed by atoms with E-state index in [1.807, 2.05) is 4.72 Å². The molecule has 0 unspecified atom stereocenters. The number of nitrogens with one attached hydrogen (secondary N) is 2. The van der Waals surface area contributed by atoms with Crippen LogP contribution in [0.4, 0.5) is 10.5 Å². The molecule has 2 aromatic rings. The summed E-state index contributed by atoms with van der Waals surface area (Å²) < 4.78 is 37.1. The summed E-state index contributed by atoms with van der Waals surface area (Å²) in [5.41, 5.74) is 0.514. The first-order valence-electron chi connectivity index (χ1n) is 8.05. The monoisotopic (exact) mass is 407 g/mol. The number of benzene rings is 2. The fraction of sp³-hybridized carbons (Fsp3) is 0.222. The van der Waals surface area contributed by atoms with Crippen molar-refractivity contribution in [2.45, 2.75) is 4.90 Å². The van der Waals surface area contributed by atoms with Gasteiger partial charge in [-0.05, 0) is 42.5 Å². The lowest BCUT2D eigenvalue weighted by atomic mass is 10.2. The second-order valence-electron chi connectivity index (χ2n) is 5.85. The number of hydrogen-bond acceptors (Lipinski definition) is 6. The molecule has 0 spiro atoms. The van der Waals surface area contributed by atoms with Gasteiger partial charge in [0.2, 0.25) is 0 Å². The molecule has 0 saturated heterocycles. The number of amides is 3. The Balaban J connectivity index is 2.17. The van der Waals surface area contributed by atoms with Crippen LogP contribution in [0.15, 0.2) is 47.4 Å². The second kappa shape index (κ2) is 8.61. The molecule has 0 aromatic heterocycles. The Morgan fingerprint density at radius 3 is 2.07 bits per heavy atom. The van der Waals surface area contributed by atoms with Crippen molar-refractivity contribution in [3.05, 3.63) is 48.0 Å². The standard InChI is InChI=1S/C18H21N3O6S/c1-21(2)18(23)19-13-6-8-14(9-7-13)28(24,25)20-17(22)12-5-10-15(26-3)16(11-12)27-4/h5-11H,1-4H3,(H,19,23)(H,20,22). The summed E-state index contributed by atoms with van der Waals surface area (Å²) in [5.74, 6) is -0.100. The van der Waals surface area contributed by atoms with Crippen LogP contribution in [-0.4, -0.2) is 53.6 Å². The highest BCUT2D eigenvalue weighted by atomic mass is 32.2. The number of sulfonamides is 1. The van der Waals surface area contributed by atoms with Crippen molar-refractivity contribution in [1.29, 1.82) is 0 Å². The van der Waals surface area contributed by atoms with Crippen LogP contribution in [0.25, 0.3) is 0 Å². The van der Waals surface area contributed by atoms with Crippen molar-refractivity contribution in [2.24, 2.45) is 0 Å². The first kappa shape index (κ1) is 21.0. The number of ether oxygens (including phenoxy) is 2. The van der Waals surface area contributed by atoms with Crippen LogP contribution < -0.4 is 19.5 Å². The van der Waals surface area contributed by atoms with Gasteiger partial charge < -0.3 is 19.7 Å². The second-order valence-corrected chi connectivity index (χ2v) is 7.54. The topological polar surface area (TPSA) is 114 Å². The van der Waals surface area contributed by atoms with E-state index < -0.39 is 15.9 Å². The molecule has 0 fully saturated rings. The van der Waals surface area contributed by atoms with Crippen LogP contribution in [0.2, 0.25) is 0 Å². The van der Waals surface area contributed by atoms with Gasteiger partial charge in [0.05, 0.1) is 19.1 Å². The minimum atomic E-state index is -4.10. The molecule has 0 radical (unpaired) electrons. The molecule has 0 atom stereocenters. The van der Waals surface area contributed by atoms with Crippen molar-refractivity contribution < 1.29 is 27.5 Å². The Bertz CT molecular complexity index is 971. The van der Waals surface area contributed by atoms with Crippen molar-refractivity contribution in [3.63, 3.8) is 0 Å². The lowest BCUT2D eigenvalue weighted by Gasteiger charge is -2.13. The quantitative estimate of drug-likeness (QED) is 0.756. The smallest absolute Gasteiger partial charge is 0.321 e. The summed E-state index contributed by atoms with van der Waals surface area (Å²) >= 11 is 0.